The molecule has 0 unspecified atom stereocenters. The molecule has 0 saturated carbocycles. The fourth-order valence-electron chi connectivity index (χ4n) is 1.89. The zero-order valence-corrected chi connectivity index (χ0v) is 11.9. The number of nitro groups is 1. The van der Waals surface area contributed by atoms with Gasteiger partial charge in [0.1, 0.15) is 0 Å². The lowest BCUT2D eigenvalue weighted by atomic mass is 10.2. The maximum atomic E-state index is 13.5. The summed E-state index contributed by atoms with van der Waals surface area (Å²) in [7, 11) is 0. The van der Waals surface area contributed by atoms with Gasteiger partial charge in [0.25, 0.3) is 0 Å². The SMILES string of the molecule is CC(C)NCc1cnn(Cc2ccc([N+](=O)[O-])c(F)c2)c1. The van der Waals surface area contributed by atoms with Crippen LogP contribution < -0.4 is 5.32 Å². The number of nitrogens with one attached hydrogen (secondary N) is 1. The molecule has 21 heavy (non-hydrogen) atoms. The Morgan fingerprint density at radius 1 is 1.43 bits per heavy atom. The Morgan fingerprint density at radius 2 is 2.19 bits per heavy atom. The Hall–Kier alpha value is -2.28. The summed E-state index contributed by atoms with van der Waals surface area (Å²) in [6, 6.07) is 4.27. The summed E-state index contributed by atoms with van der Waals surface area (Å²) in [4.78, 5) is 9.83. The van der Waals surface area contributed by atoms with Crippen LogP contribution in [0.15, 0.2) is 30.6 Å². The fraction of sp³-hybridized carbons (Fsp3) is 0.357. The second-order valence-electron chi connectivity index (χ2n) is 5.12. The smallest absolute Gasteiger partial charge is 0.304 e. The van der Waals surface area contributed by atoms with Crippen molar-refractivity contribution in [3.63, 3.8) is 0 Å². The van der Waals surface area contributed by atoms with E-state index in [9.17, 15) is 14.5 Å². The van der Waals surface area contributed by atoms with Gasteiger partial charge in [-0.1, -0.05) is 19.9 Å². The lowest BCUT2D eigenvalue weighted by Crippen LogP contribution is -2.21. The van der Waals surface area contributed by atoms with Crippen molar-refractivity contribution in [3.8, 4) is 0 Å². The molecule has 0 amide bonds. The average Bonchev–Trinajstić information content (AvgIpc) is 2.83. The van der Waals surface area contributed by atoms with Crippen molar-refractivity contribution in [1.82, 2.24) is 15.1 Å². The number of rotatable bonds is 6. The monoisotopic (exact) mass is 292 g/mol. The summed E-state index contributed by atoms with van der Waals surface area (Å²) in [6.07, 6.45) is 3.62. The molecule has 0 aliphatic rings. The molecule has 1 aromatic carbocycles. The van der Waals surface area contributed by atoms with E-state index in [1.165, 1.54) is 18.2 Å². The van der Waals surface area contributed by atoms with Gasteiger partial charge >= 0.3 is 5.69 Å². The van der Waals surface area contributed by atoms with Gasteiger partial charge in [0, 0.05) is 30.4 Å². The van der Waals surface area contributed by atoms with Gasteiger partial charge in [0.2, 0.25) is 5.82 Å². The van der Waals surface area contributed by atoms with E-state index >= 15 is 0 Å². The van der Waals surface area contributed by atoms with Crippen LogP contribution in [-0.2, 0) is 13.1 Å². The van der Waals surface area contributed by atoms with Gasteiger partial charge in [0.15, 0.2) is 0 Å². The molecule has 2 aromatic rings. The highest BCUT2D eigenvalue weighted by molar-refractivity contribution is 5.35. The summed E-state index contributed by atoms with van der Waals surface area (Å²) >= 11 is 0. The molecule has 0 radical (unpaired) electrons. The van der Waals surface area contributed by atoms with E-state index < -0.39 is 16.4 Å². The van der Waals surface area contributed by atoms with Gasteiger partial charge in [0.05, 0.1) is 17.7 Å². The van der Waals surface area contributed by atoms with Crippen molar-refractivity contribution in [1.29, 1.82) is 0 Å². The summed E-state index contributed by atoms with van der Waals surface area (Å²) in [5.74, 6) is -0.827. The maximum absolute atomic E-state index is 13.5. The van der Waals surface area contributed by atoms with Gasteiger partial charge in [-0.05, 0) is 11.6 Å². The van der Waals surface area contributed by atoms with Gasteiger partial charge in [-0.2, -0.15) is 9.49 Å². The highest BCUT2D eigenvalue weighted by Crippen LogP contribution is 2.18. The molecule has 1 N–H and O–H groups in total. The molecule has 0 aliphatic carbocycles. The normalized spacial score (nSPS) is 11.0. The van der Waals surface area contributed by atoms with Crippen LogP contribution in [0.25, 0.3) is 0 Å². The Labute approximate surface area is 121 Å². The number of aromatic nitrogens is 2. The third-order valence-corrected chi connectivity index (χ3v) is 2.95. The van der Waals surface area contributed by atoms with Gasteiger partial charge in [-0.3, -0.25) is 14.8 Å². The van der Waals surface area contributed by atoms with E-state index in [1.54, 1.807) is 10.9 Å². The molecule has 6 nitrogen and oxygen atoms in total. The van der Waals surface area contributed by atoms with Crippen LogP contribution in [-0.4, -0.2) is 20.7 Å². The van der Waals surface area contributed by atoms with E-state index in [1.807, 2.05) is 6.20 Å². The summed E-state index contributed by atoms with van der Waals surface area (Å²) in [5.41, 5.74) is 1.15. The molecule has 0 saturated heterocycles. The quantitative estimate of drug-likeness (QED) is 0.655. The molecule has 0 spiro atoms. The minimum atomic E-state index is -0.827. The number of benzene rings is 1. The Kier molecular flexibility index (Phi) is 4.64. The molecule has 2 rings (SSSR count). The Morgan fingerprint density at radius 3 is 2.81 bits per heavy atom. The van der Waals surface area contributed by atoms with Crippen molar-refractivity contribution >= 4 is 5.69 Å². The molecule has 1 heterocycles. The molecule has 0 bridgehead atoms. The van der Waals surface area contributed by atoms with Crippen molar-refractivity contribution in [2.45, 2.75) is 33.0 Å². The first-order chi connectivity index (χ1) is 9.95. The molecule has 112 valence electrons. The standard InChI is InChI=1S/C14H17FN4O2/c1-10(2)16-6-12-7-17-18(9-12)8-11-3-4-14(19(20)21)13(15)5-11/h3-5,7,9-10,16H,6,8H2,1-2H3. The predicted molar refractivity (Wildman–Crippen MR) is 76.4 cm³/mol. The zero-order valence-electron chi connectivity index (χ0n) is 11.9. The van der Waals surface area contributed by atoms with E-state index in [0.717, 1.165) is 5.56 Å². The first-order valence-electron chi connectivity index (χ1n) is 6.63. The van der Waals surface area contributed by atoms with E-state index in [-0.39, 0.29) is 0 Å². The minimum Gasteiger partial charge on any atom is -0.310 e. The number of nitrogens with zero attached hydrogens (tertiary/aromatic N) is 3. The van der Waals surface area contributed by atoms with Crippen molar-refractivity contribution in [2.75, 3.05) is 0 Å². The summed E-state index contributed by atoms with van der Waals surface area (Å²) < 4.78 is 15.2. The third-order valence-electron chi connectivity index (χ3n) is 2.95. The largest absolute Gasteiger partial charge is 0.310 e. The number of nitro benzene ring substituents is 1. The van der Waals surface area contributed by atoms with Crippen LogP contribution in [0.4, 0.5) is 10.1 Å². The maximum Gasteiger partial charge on any atom is 0.304 e. The first kappa shape index (κ1) is 15.1. The molecule has 7 heteroatoms. The van der Waals surface area contributed by atoms with Crippen LogP contribution in [0, 0.1) is 15.9 Å². The predicted octanol–water partition coefficient (Wildman–Crippen LogP) is 2.48. The Bertz CT molecular complexity index is 640. The lowest BCUT2D eigenvalue weighted by molar-refractivity contribution is -0.387. The molecule has 0 fully saturated rings. The van der Waals surface area contributed by atoms with Crippen molar-refractivity contribution < 1.29 is 9.31 Å². The van der Waals surface area contributed by atoms with Crippen LogP contribution in [0.1, 0.15) is 25.0 Å². The molecule has 1 aromatic heterocycles. The van der Waals surface area contributed by atoms with Gasteiger partial charge in [-0.15, -0.1) is 0 Å². The highest BCUT2D eigenvalue weighted by atomic mass is 19.1. The second-order valence-corrected chi connectivity index (χ2v) is 5.12. The van der Waals surface area contributed by atoms with Crippen molar-refractivity contribution in [3.05, 3.63) is 57.7 Å². The minimum absolute atomic E-state index is 0.372. The number of hydrogen-bond donors (Lipinski definition) is 1. The zero-order chi connectivity index (χ0) is 15.4. The van der Waals surface area contributed by atoms with E-state index in [4.69, 9.17) is 0 Å². The lowest BCUT2D eigenvalue weighted by Gasteiger charge is -2.05. The summed E-state index contributed by atoms with van der Waals surface area (Å²) in [6.45, 7) is 5.21. The number of hydrogen-bond acceptors (Lipinski definition) is 4. The summed E-state index contributed by atoms with van der Waals surface area (Å²) in [5, 5.41) is 18.0. The van der Waals surface area contributed by atoms with E-state index in [0.29, 0.717) is 24.7 Å². The molecular formula is C14H17FN4O2. The van der Waals surface area contributed by atoms with Gasteiger partial charge < -0.3 is 5.32 Å². The highest BCUT2D eigenvalue weighted by Gasteiger charge is 2.13. The average molecular weight is 292 g/mol. The van der Waals surface area contributed by atoms with Crippen LogP contribution in [0.2, 0.25) is 0 Å². The van der Waals surface area contributed by atoms with Crippen molar-refractivity contribution in [2.24, 2.45) is 0 Å². The molecule has 0 aliphatic heterocycles. The third kappa shape index (κ3) is 4.09. The second kappa shape index (κ2) is 6.45. The Balaban J connectivity index is 2.05. The molecular weight excluding hydrogens is 275 g/mol. The van der Waals surface area contributed by atoms with Crippen LogP contribution >= 0.6 is 0 Å². The van der Waals surface area contributed by atoms with Gasteiger partial charge in [-0.25, -0.2) is 0 Å². The van der Waals surface area contributed by atoms with Crippen LogP contribution in [0.3, 0.4) is 0 Å². The first-order valence-corrected chi connectivity index (χ1v) is 6.63. The number of halogens is 1. The topological polar surface area (TPSA) is 73.0 Å². The fourth-order valence-corrected chi connectivity index (χ4v) is 1.89. The van der Waals surface area contributed by atoms with E-state index in [2.05, 4.69) is 24.3 Å². The molecule has 0 atom stereocenters. The van der Waals surface area contributed by atoms with Crippen LogP contribution in [0.5, 0.6) is 0 Å².